The van der Waals surface area contributed by atoms with Gasteiger partial charge in [0.05, 0.1) is 0 Å². The van der Waals surface area contributed by atoms with Crippen LogP contribution < -0.4 is 5.32 Å². The van der Waals surface area contributed by atoms with Crippen LogP contribution in [0.3, 0.4) is 0 Å². The zero-order chi connectivity index (χ0) is 12.1. The number of benzene rings is 1. The Balaban J connectivity index is 1.82. The fourth-order valence-electron chi connectivity index (χ4n) is 2.05. The van der Waals surface area contributed by atoms with Gasteiger partial charge < -0.3 is 10.4 Å². The molecule has 92 valence electrons. The average Bonchev–Trinajstić information content (AvgIpc) is 2.27. The van der Waals surface area contributed by atoms with Gasteiger partial charge in [0.1, 0.15) is 0 Å². The highest BCUT2D eigenvalue weighted by molar-refractivity contribution is 5.90. The monoisotopic (exact) mass is 233 g/mol. The van der Waals surface area contributed by atoms with E-state index < -0.39 is 0 Å². The Morgan fingerprint density at radius 3 is 2.53 bits per heavy atom. The Bertz CT molecular complexity index is 368. The number of nitrogens with one attached hydrogen (secondary N) is 1. The molecule has 0 heterocycles. The molecule has 0 radical (unpaired) electrons. The predicted molar refractivity (Wildman–Crippen MR) is 67.8 cm³/mol. The molecule has 1 saturated carbocycles. The summed E-state index contributed by atoms with van der Waals surface area (Å²) in [7, 11) is 0. The minimum atomic E-state index is 0.115. The van der Waals surface area contributed by atoms with E-state index in [0.717, 1.165) is 11.3 Å². The van der Waals surface area contributed by atoms with Gasteiger partial charge in [0, 0.05) is 18.7 Å². The lowest BCUT2D eigenvalue weighted by Gasteiger charge is -2.24. The van der Waals surface area contributed by atoms with E-state index in [1.165, 1.54) is 19.3 Å². The normalized spacial score (nSPS) is 15.4. The number of anilines is 1. The van der Waals surface area contributed by atoms with Gasteiger partial charge in [-0.25, -0.2) is 0 Å². The summed E-state index contributed by atoms with van der Waals surface area (Å²) in [6.07, 6.45) is 4.98. The standard InChI is InChI=1S/C14H19NO2/c16-9-8-11-4-6-13(7-5-11)15-14(17)10-12-2-1-3-12/h4-7,12,16H,1-3,8-10H2,(H,15,17). The molecule has 17 heavy (non-hydrogen) atoms. The van der Waals surface area contributed by atoms with Crippen molar-refractivity contribution in [2.45, 2.75) is 32.1 Å². The largest absolute Gasteiger partial charge is 0.396 e. The lowest BCUT2D eigenvalue weighted by Crippen LogP contribution is -2.20. The number of aliphatic hydroxyl groups is 1. The Hall–Kier alpha value is -1.35. The Kier molecular flexibility index (Phi) is 4.15. The molecule has 3 nitrogen and oxygen atoms in total. The summed E-state index contributed by atoms with van der Waals surface area (Å²) in [6.45, 7) is 0.160. The molecule has 1 aliphatic carbocycles. The van der Waals surface area contributed by atoms with E-state index >= 15 is 0 Å². The lowest BCUT2D eigenvalue weighted by molar-refractivity contribution is -0.117. The molecule has 2 N–H and O–H groups in total. The number of hydrogen-bond acceptors (Lipinski definition) is 2. The first-order valence-corrected chi connectivity index (χ1v) is 6.27. The van der Waals surface area contributed by atoms with E-state index in [9.17, 15) is 4.79 Å². The fourth-order valence-corrected chi connectivity index (χ4v) is 2.05. The molecule has 0 bridgehead atoms. The molecule has 0 saturated heterocycles. The van der Waals surface area contributed by atoms with Gasteiger partial charge in [0.15, 0.2) is 0 Å². The molecule has 3 heteroatoms. The van der Waals surface area contributed by atoms with Crippen LogP contribution in [0, 0.1) is 5.92 Å². The van der Waals surface area contributed by atoms with E-state index in [1.54, 1.807) is 0 Å². The smallest absolute Gasteiger partial charge is 0.224 e. The third kappa shape index (κ3) is 3.56. The van der Waals surface area contributed by atoms with Crippen molar-refractivity contribution in [1.29, 1.82) is 0 Å². The summed E-state index contributed by atoms with van der Waals surface area (Å²) in [4.78, 5) is 11.7. The first-order chi connectivity index (χ1) is 8.28. The molecule has 0 unspecified atom stereocenters. The topological polar surface area (TPSA) is 49.3 Å². The molecule has 0 aliphatic heterocycles. The van der Waals surface area contributed by atoms with Crippen LogP contribution in [0.2, 0.25) is 0 Å². The molecule has 1 aromatic carbocycles. The maximum atomic E-state index is 11.7. The third-order valence-corrected chi connectivity index (χ3v) is 3.34. The summed E-state index contributed by atoms with van der Waals surface area (Å²) < 4.78 is 0. The highest BCUT2D eigenvalue weighted by Crippen LogP contribution is 2.29. The van der Waals surface area contributed by atoms with Crippen molar-refractivity contribution in [1.82, 2.24) is 0 Å². The summed E-state index contributed by atoms with van der Waals surface area (Å²) in [6, 6.07) is 7.66. The quantitative estimate of drug-likeness (QED) is 0.820. The van der Waals surface area contributed by atoms with Crippen molar-refractivity contribution >= 4 is 11.6 Å². The second kappa shape index (κ2) is 5.82. The molecular formula is C14H19NO2. The SMILES string of the molecule is O=C(CC1CCC1)Nc1ccc(CCO)cc1. The third-order valence-electron chi connectivity index (χ3n) is 3.34. The van der Waals surface area contributed by atoms with Crippen LogP contribution in [0.25, 0.3) is 0 Å². The molecule has 1 aromatic rings. The highest BCUT2D eigenvalue weighted by Gasteiger charge is 2.20. The van der Waals surface area contributed by atoms with Crippen LogP contribution in [0.1, 0.15) is 31.2 Å². The molecule has 1 aliphatic rings. The molecule has 1 amide bonds. The summed E-state index contributed by atoms with van der Waals surface area (Å²) >= 11 is 0. The molecule has 0 aromatic heterocycles. The predicted octanol–water partition coefficient (Wildman–Crippen LogP) is 2.35. The first-order valence-electron chi connectivity index (χ1n) is 6.27. The van der Waals surface area contributed by atoms with Gasteiger partial charge in [-0.15, -0.1) is 0 Å². The van der Waals surface area contributed by atoms with Crippen molar-refractivity contribution in [3.63, 3.8) is 0 Å². The molecule has 0 spiro atoms. The fraction of sp³-hybridized carbons (Fsp3) is 0.500. The van der Waals surface area contributed by atoms with Crippen molar-refractivity contribution < 1.29 is 9.90 Å². The maximum Gasteiger partial charge on any atom is 0.224 e. The van der Waals surface area contributed by atoms with Crippen molar-refractivity contribution in [2.75, 3.05) is 11.9 Å². The molecule has 1 fully saturated rings. The van der Waals surface area contributed by atoms with Gasteiger partial charge >= 0.3 is 0 Å². The van der Waals surface area contributed by atoms with E-state index in [2.05, 4.69) is 5.32 Å². The van der Waals surface area contributed by atoms with E-state index in [4.69, 9.17) is 5.11 Å². The Morgan fingerprint density at radius 2 is 2.00 bits per heavy atom. The Labute approximate surface area is 102 Å². The maximum absolute atomic E-state index is 11.7. The van der Waals surface area contributed by atoms with Gasteiger partial charge in [-0.1, -0.05) is 18.6 Å². The number of aliphatic hydroxyl groups excluding tert-OH is 1. The van der Waals surface area contributed by atoms with Gasteiger partial charge in [0.25, 0.3) is 0 Å². The molecule has 2 rings (SSSR count). The number of carbonyl (C=O) groups is 1. The average molecular weight is 233 g/mol. The van der Waals surface area contributed by atoms with E-state index in [0.29, 0.717) is 18.8 Å². The molecule has 0 atom stereocenters. The minimum absolute atomic E-state index is 0.115. The van der Waals surface area contributed by atoms with Crippen LogP contribution in [-0.2, 0) is 11.2 Å². The van der Waals surface area contributed by atoms with Crippen molar-refractivity contribution in [3.05, 3.63) is 29.8 Å². The van der Waals surface area contributed by atoms with E-state index in [1.807, 2.05) is 24.3 Å². The molecular weight excluding hydrogens is 214 g/mol. The van der Waals surface area contributed by atoms with Crippen LogP contribution in [0.5, 0.6) is 0 Å². The van der Waals surface area contributed by atoms with Gasteiger partial charge in [-0.3, -0.25) is 4.79 Å². The van der Waals surface area contributed by atoms with Crippen LogP contribution in [0.15, 0.2) is 24.3 Å². The van der Waals surface area contributed by atoms with Crippen molar-refractivity contribution in [2.24, 2.45) is 5.92 Å². The summed E-state index contributed by atoms with van der Waals surface area (Å²) in [5.74, 6) is 0.716. The second-order valence-corrected chi connectivity index (χ2v) is 4.72. The summed E-state index contributed by atoms with van der Waals surface area (Å²) in [5.41, 5.74) is 1.93. The van der Waals surface area contributed by atoms with E-state index in [-0.39, 0.29) is 12.5 Å². The van der Waals surface area contributed by atoms with Crippen LogP contribution in [-0.4, -0.2) is 17.6 Å². The highest BCUT2D eigenvalue weighted by atomic mass is 16.2. The lowest BCUT2D eigenvalue weighted by atomic mass is 9.83. The van der Waals surface area contributed by atoms with Gasteiger partial charge in [-0.2, -0.15) is 0 Å². The van der Waals surface area contributed by atoms with Crippen LogP contribution in [0.4, 0.5) is 5.69 Å². The first kappa shape index (κ1) is 12.1. The van der Waals surface area contributed by atoms with Crippen molar-refractivity contribution in [3.8, 4) is 0 Å². The number of rotatable bonds is 5. The van der Waals surface area contributed by atoms with Gasteiger partial charge in [-0.05, 0) is 42.9 Å². The number of carbonyl (C=O) groups excluding carboxylic acids is 1. The zero-order valence-electron chi connectivity index (χ0n) is 9.98. The Morgan fingerprint density at radius 1 is 1.29 bits per heavy atom. The van der Waals surface area contributed by atoms with Crippen LogP contribution >= 0.6 is 0 Å². The minimum Gasteiger partial charge on any atom is -0.396 e. The second-order valence-electron chi connectivity index (χ2n) is 4.72. The summed E-state index contributed by atoms with van der Waals surface area (Å²) in [5, 5.41) is 11.7. The van der Waals surface area contributed by atoms with Gasteiger partial charge in [0.2, 0.25) is 5.91 Å². The number of amides is 1. The zero-order valence-corrected chi connectivity index (χ0v) is 9.98. The number of hydrogen-bond donors (Lipinski definition) is 2.